The minimum absolute atomic E-state index is 0.0287. The summed E-state index contributed by atoms with van der Waals surface area (Å²) < 4.78 is 116. The van der Waals surface area contributed by atoms with Crippen molar-refractivity contribution in [3.8, 4) is 0 Å². The van der Waals surface area contributed by atoms with Crippen LogP contribution in [-0.4, -0.2) is 176 Å². The van der Waals surface area contributed by atoms with Gasteiger partial charge in [0.2, 0.25) is 30.4 Å². The van der Waals surface area contributed by atoms with Crippen LogP contribution in [0.4, 0.5) is 17.8 Å². The third kappa shape index (κ3) is 12.0. The molecular weight excluding hydrogens is 1150 g/mol. The zero-order valence-corrected chi connectivity index (χ0v) is 44.5. The van der Waals surface area contributed by atoms with Crippen molar-refractivity contribution < 1.29 is 108 Å². The number of hydrogen-bond donors (Lipinski definition) is 13. The van der Waals surface area contributed by atoms with E-state index in [9.17, 15) is 67.5 Å². The minimum atomic E-state index is -6.23. The molecule has 6 aromatic rings. The lowest BCUT2D eigenvalue weighted by molar-refractivity contribution is -0.646. The molecule has 0 aliphatic carbocycles. The van der Waals surface area contributed by atoms with Crippen molar-refractivity contribution in [2.45, 2.75) is 93.6 Å². The predicted octanol–water partition coefficient (Wildman–Crippen LogP) is -3.98. The lowest BCUT2D eigenvalue weighted by Gasteiger charge is -2.27. The second kappa shape index (κ2) is 21.8. The number of aliphatic hydroxyl groups excluding tert-OH is 3. The molecule has 16 N–H and O–H groups in total. The summed E-state index contributed by atoms with van der Waals surface area (Å²) in [5.41, 5.74) is 14.0. The Hall–Kier alpha value is -5.35. The first kappa shape index (κ1) is 58.3. The van der Waals surface area contributed by atoms with E-state index in [0.29, 0.717) is 0 Å². The molecule has 3 fully saturated rings. The van der Waals surface area contributed by atoms with Gasteiger partial charge in [-0.1, -0.05) is 0 Å². The number of H-pyrrole nitrogens is 3. The van der Waals surface area contributed by atoms with Crippen molar-refractivity contribution in [2.75, 3.05) is 44.1 Å². The van der Waals surface area contributed by atoms with E-state index in [1.165, 1.54) is 22.5 Å². The summed E-state index contributed by atoms with van der Waals surface area (Å²) in [4.78, 5) is 107. The first-order chi connectivity index (χ1) is 37.0. The highest BCUT2D eigenvalue weighted by molar-refractivity contribution is 7.66. The van der Waals surface area contributed by atoms with Crippen molar-refractivity contribution in [3.05, 3.63) is 50.0 Å². The molecule has 0 amide bonds. The van der Waals surface area contributed by atoms with Crippen molar-refractivity contribution in [1.82, 2.24) is 53.6 Å². The zero-order chi connectivity index (χ0) is 57.4. The van der Waals surface area contributed by atoms with Gasteiger partial charge in [0.1, 0.15) is 54.9 Å². The van der Waals surface area contributed by atoms with Gasteiger partial charge in [-0.2, -0.15) is 28.1 Å². The van der Waals surface area contributed by atoms with Crippen molar-refractivity contribution in [2.24, 2.45) is 7.05 Å². The zero-order valence-electron chi connectivity index (χ0n) is 40.9. The molecule has 0 spiro atoms. The Kier molecular flexibility index (Phi) is 16.1. The van der Waals surface area contributed by atoms with Crippen LogP contribution in [0.3, 0.4) is 0 Å². The Balaban J connectivity index is 0.887. The number of rotatable bonds is 21. The third-order valence-corrected chi connectivity index (χ3v) is 17.3. The van der Waals surface area contributed by atoms with Gasteiger partial charge in [-0.3, -0.25) is 56.6 Å². The summed E-state index contributed by atoms with van der Waals surface area (Å²) >= 11 is 0. The van der Waals surface area contributed by atoms with Crippen molar-refractivity contribution in [3.63, 3.8) is 0 Å². The number of aryl methyl sites for hydroxylation is 1. The van der Waals surface area contributed by atoms with E-state index < -0.39 is 153 Å². The minimum Gasteiger partial charge on any atom is -0.387 e. The van der Waals surface area contributed by atoms with Crippen molar-refractivity contribution >= 4 is 82.6 Å². The van der Waals surface area contributed by atoms with E-state index in [2.05, 4.69) is 48.5 Å². The van der Waals surface area contributed by atoms with E-state index in [4.69, 9.17) is 59.0 Å². The van der Waals surface area contributed by atoms with Gasteiger partial charge in [-0.25, -0.2) is 32.8 Å². The number of nitrogens with two attached hydrogens (primary N) is 3. The molecule has 3 aliphatic heterocycles. The SMILES string of the molecule is COC1[C@@H](OP(=O)(O)OC[C@H]2O[C@@H](n3cnc4c(=O)[nH]c(N)nc43)C(O)[C@H]2OC(C)C)[C@@H](COP(=O)(O)OP(=O)(O)OP(=O)(O)OC[C@H]2O[C@@H](n3c[n+](C)c4c(=O)[nH]c(N)nc43)[C@@H](O)C2O)O[C@H]1n1cnc2c(=O)[nH]c(N)nc21. The highest BCUT2D eigenvalue weighted by Crippen LogP contribution is 2.68. The number of imidazole rings is 3. The number of methoxy groups -OCH3 is 1. The Bertz CT molecular complexity index is 3670. The van der Waals surface area contributed by atoms with Gasteiger partial charge in [0.05, 0.1) is 45.6 Å². The molecule has 44 heteroatoms. The standard InChI is InChI=1S/C35H49N15O25P4/c1-11(2)69-21-13(71-31(20(21)53)48-8-39-15-24(48)41-33(36)44-27(15)54)6-66-76(57,58)73-22-14(72-32(23(22)65-4)49-9-40-16-25(49)42-34(37)45-28(16)55)7-68-78(61,62)75-79(63,64)74-77(59,60)67-5-12-18(51)19(52)30(70-12)50-10-47(3)17-26(50)43-35(38)46-29(17)56/h8-14,18-23,30-32,51-53H,5-7H2,1-4H3,(H12-,36,37,38,41,42,43,44,45,46,54,55,56,57,58,59,60,61,62,63,64)/p+1/t12-,13-,14-,18?,19+,20?,21+,22+,23?,30-,31-,32-/m1/s1. The molecule has 0 aromatic carbocycles. The number of hydrogen-bond acceptors (Lipinski definition) is 29. The third-order valence-electron chi connectivity index (χ3n) is 12.0. The van der Waals surface area contributed by atoms with Crippen LogP contribution in [0, 0.1) is 0 Å². The normalized spacial score (nSPS) is 29.6. The second-order valence-electron chi connectivity index (χ2n) is 17.8. The predicted molar refractivity (Wildman–Crippen MR) is 256 cm³/mol. The number of aliphatic hydroxyl groups is 3. The Morgan fingerprint density at radius 3 is 1.62 bits per heavy atom. The summed E-state index contributed by atoms with van der Waals surface area (Å²) in [7, 11) is -21.1. The number of aromatic amines is 3. The van der Waals surface area contributed by atoms with Crippen LogP contribution in [0.1, 0.15) is 32.5 Å². The van der Waals surface area contributed by atoms with Crippen LogP contribution in [0.15, 0.2) is 33.4 Å². The quantitative estimate of drug-likeness (QED) is 0.0241. The summed E-state index contributed by atoms with van der Waals surface area (Å²) in [6.45, 7) is -0.123. The summed E-state index contributed by atoms with van der Waals surface area (Å²) in [5, 5.41) is 32.9. The molecular formula is C35H50N15O25P4+. The molecule has 40 nitrogen and oxygen atoms in total. The summed E-state index contributed by atoms with van der Waals surface area (Å²) in [6.07, 6.45) is -16.8. The van der Waals surface area contributed by atoms with E-state index in [0.717, 1.165) is 28.9 Å². The first-order valence-corrected chi connectivity index (χ1v) is 28.7. The average molecular weight is 1200 g/mol. The van der Waals surface area contributed by atoms with Crippen LogP contribution in [0.5, 0.6) is 0 Å². The van der Waals surface area contributed by atoms with Gasteiger partial charge in [-0.15, -0.1) is 0 Å². The number of fused-ring (bicyclic) bond motifs is 3. The summed E-state index contributed by atoms with van der Waals surface area (Å²) in [6, 6.07) is 0. The van der Waals surface area contributed by atoms with Crippen LogP contribution in [0.2, 0.25) is 0 Å². The molecule has 9 heterocycles. The number of ether oxygens (including phenoxy) is 5. The van der Waals surface area contributed by atoms with Crippen LogP contribution in [0.25, 0.3) is 33.5 Å². The maximum absolute atomic E-state index is 13.9. The molecule has 434 valence electrons. The lowest BCUT2D eigenvalue weighted by atomic mass is 10.1. The van der Waals surface area contributed by atoms with E-state index in [1.807, 2.05) is 0 Å². The van der Waals surface area contributed by atoms with Gasteiger partial charge >= 0.3 is 36.9 Å². The number of nitrogens with zero attached hydrogens (tertiary/aromatic N) is 9. The highest BCUT2D eigenvalue weighted by Gasteiger charge is 2.54. The van der Waals surface area contributed by atoms with E-state index in [1.54, 1.807) is 13.8 Å². The van der Waals surface area contributed by atoms with E-state index in [-0.39, 0.29) is 45.4 Å². The molecule has 0 bridgehead atoms. The Labute approximate surface area is 438 Å². The number of nitrogens with one attached hydrogen (secondary N) is 3. The molecule has 0 radical (unpaired) electrons. The number of nitrogen functional groups attached to an aromatic ring is 3. The van der Waals surface area contributed by atoms with Crippen LogP contribution < -0.4 is 38.4 Å². The first-order valence-electron chi connectivity index (χ1n) is 22.7. The summed E-state index contributed by atoms with van der Waals surface area (Å²) in [5.74, 6) is -1.00. The van der Waals surface area contributed by atoms with Crippen LogP contribution >= 0.6 is 31.3 Å². The highest BCUT2D eigenvalue weighted by atomic mass is 31.3. The smallest absolute Gasteiger partial charge is 0.387 e. The molecule has 79 heavy (non-hydrogen) atoms. The van der Waals surface area contributed by atoms with E-state index >= 15 is 0 Å². The maximum atomic E-state index is 13.9. The fourth-order valence-corrected chi connectivity index (χ4v) is 13.3. The topological polar surface area (TPSA) is 571 Å². The van der Waals surface area contributed by atoms with Gasteiger partial charge in [0.15, 0.2) is 34.8 Å². The monoisotopic (exact) mass is 1200 g/mol. The largest absolute Gasteiger partial charge is 0.490 e. The molecule has 7 unspecified atom stereocenters. The molecule has 3 saturated heterocycles. The fraction of sp³-hybridized carbons (Fsp3) is 0.571. The van der Waals surface area contributed by atoms with Gasteiger partial charge < -0.3 is 75.8 Å². The molecule has 16 atom stereocenters. The Morgan fingerprint density at radius 1 is 0.620 bits per heavy atom. The van der Waals surface area contributed by atoms with Gasteiger partial charge in [0, 0.05) is 7.11 Å². The lowest BCUT2D eigenvalue weighted by Crippen LogP contribution is -2.39. The molecule has 6 aromatic heterocycles. The van der Waals surface area contributed by atoms with Gasteiger partial charge in [-0.05, 0) is 13.8 Å². The second-order valence-corrected chi connectivity index (χ2v) is 23.9. The van der Waals surface area contributed by atoms with Crippen molar-refractivity contribution in [1.29, 1.82) is 0 Å². The van der Waals surface area contributed by atoms with Crippen LogP contribution in [-0.2, 0) is 75.7 Å². The number of anilines is 3. The molecule has 0 saturated carbocycles. The fourth-order valence-electron chi connectivity index (χ4n) is 8.83. The molecule has 9 rings (SSSR count). The number of phosphoric acid groups is 4. The maximum Gasteiger partial charge on any atom is 0.490 e. The number of phosphoric ester groups is 3. The average Bonchev–Trinajstić information content (AvgIpc) is 4.38. The van der Waals surface area contributed by atoms with Gasteiger partial charge in [0.25, 0.3) is 22.3 Å². The number of aromatic nitrogens is 12. The Morgan fingerprint density at radius 2 is 1.08 bits per heavy atom. The molecule has 3 aliphatic rings.